The van der Waals surface area contributed by atoms with E-state index in [1.165, 1.54) is 19.4 Å². The van der Waals surface area contributed by atoms with E-state index in [0.29, 0.717) is 12.1 Å². The van der Waals surface area contributed by atoms with Crippen LogP contribution in [0.25, 0.3) is 0 Å². The van der Waals surface area contributed by atoms with Gasteiger partial charge in [-0.15, -0.1) is 0 Å². The molecule has 0 amide bonds. The lowest BCUT2D eigenvalue weighted by atomic mass is 10.1. The highest BCUT2D eigenvalue weighted by atomic mass is 32.1. The Bertz CT molecular complexity index is 218. The minimum absolute atomic E-state index is 0.418. The Balaban J connectivity index is 2.44. The molecule has 4 heteroatoms. The maximum atomic E-state index is 5.37. The Hall–Kier alpha value is -0.350. The lowest BCUT2D eigenvalue weighted by molar-refractivity contribution is 0.180. The van der Waals surface area contributed by atoms with Crippen molar-refractivity contribution in [3.63, 3.8) is 0 Å². The highest BCUT2D eigenvalue weighted by Crippen LogP contribution is 2.13. The molecule has 1 heterocycles. The highest BCUT2D eigenvalue weighted by molar-refractivity contribution is 7.80. The van der Waals surface area contributed by atoms with E-state index in [9.17, 15) is 0 Å². The first-order valence-electron chi connectivity index (χ1n) is 5.72. The molecule has 1 N–H and O–H groups in total. The van der Waals surface area contributed by atoms with Crippen molar-refractivity contribution < 1.29 is 0 Å². The fourth-order valence-corrected chi connectivity index (χ4v) is 2.35. The van der Waals surface area contributed by atoms with E-state index in [1.807, 2.05) is 0 Å². The van der Waals surface area contributed by atoms with Gasteiger partial charge in [-0.3, -0.25) is 0 Å². The average Bonchev–Trinajstić information content (AvgIpc) is 2.15. The molecule has 0 aromatic rings. The summed E-state index contributed by atoms with van der Waals surface area (Å²) in [5.74, 6) is 0. The van der Waals surface area contributed by atoms with Crippen molar-refractivity contribution in [1.29, 1.82) is 0 Å². The van der Waals surface area contributed by atoms with Crippen molar-refractivity contribution in [1.82, 2.24) is 15.1 Å². The maximum absolute atomic E-state index is 5.37. The third-order valence-corrected chi connectivity index (χ3v) is 3.29. The molecule has 1 rings (SSSR count). The van der Waals surface area contributed by atoms with Crippen LogP contribution in [0.1, 0.15) is 26.7 Å². The molecule has 0 spiro atoms. The van der Waals surface area contributed by atoms with Crippen LogP contribution >= 0.6 is 12.2 Å². The summed E-state index contributed by atoms with van der Waals surface area (Å²) < 4.78 is 0. The number of likely N-dealkylation sites (N-methyl/N-ethyl adjacent to an activating group) is 2. The summed E-state index contributed by atoms with van der Waals surface area (Å²) in [5.41, 5.74) is 0. The number of thiocarbonyl (C=S) groups is 1. The van der Waals surface area contributed by atoms with Gasteiger partial charge in [0.1, 0.15) is 0 Å². The number of nitrogens with zero attached hydrogens (tertiary/aromatic N) is 2. The summed E-state index contributed by atoms with van der Waals surface area (Å²) in [5, 5.41) is 4.17. The van der Waals surface area contributed by atoms with Crippen LogP contribution in [0.5, 0.6) is 0 Å². The first-order chi connectivity index (χ1) is 7.00. The molecule has 0 saturated carbocycles. The van der Waals surface area contributed by atoms with Crippen molar-refractivity contribution in [2.24, 2.45) is 0 Å². The minimum Gasteiger partial charge on any atom is -0.360 e. The van der Waals surface area contributed by atoms with Gasteiger partial charge in [0.25, 0.3) is 0 Å². The third kappa shape index (κ3) is 3.95. The molecule has 1 atom stereocenters. The van der Waals surface area contributed by atoms with Crippen LogP contribution in [-0.2, 0) is 0 Å². The van der Waals surface area contributed by atoms with Crippen molar-refractivity contribution in [3.8, 4) is 0 Å². The van der Waals surface area contributed by atoms with Crippen molar-refractivity contribution in [3.05, 3.63) is 0 Å². The molecule has 15 heavy (non-hydrogen) atoms. The number of likely N-dealkylation sites (tertiary alicyclic amines) is 1. The quantitative estimate of drug-likeness (QED) is 0.719. The topological polar surface area (TPSA) is 18.5 Å². The minimum atomic E-state index is 0.418. The zero-order chi connectivity index (χ0) is 11.4. The Morgan fingerprint density at radius 1 is 1.53 bits per heavy atom. The van der Waals surface area contributed by atoms with Crippen LogP contribution in [-0.4, -0.2) is 54.2 Å². The Kier molecular flexibility index (Phi) is 4.80. The van der Waals surface area contributed by atoms with Gasteiger partial charge in [0.15, 0.2) is 5.11 Å². The van der Waals surface area contributed by atoms with Gasteiger partial charge in [-0.25, -0.2) is 0 Å². The monoisotopic (exact) mass is 229 g/mol. The molecule has 1 unspecified atom stereocenters. The average molecular weight is 229 g/mol. The number of nitrogens with one attached hydrogen (secondary N) is 1. The summed E-state index contributed by atoms with van der Waals surface area (Å²) in [4.78, 5) is 4.59. The van der Waals surface area contributed by atoms with Crippen molar-refractivity contribution in [2.45, 2.75) is 38.8 Å². The van der Waals surface area contributed by atoms with Crippen molar-refractivity contribution >= 4 is 17.3 Å². The van der Waals surface area contributed by atoms with E-state index < -0.39 is 0 Å². The van der Waals surface area contributed by atoms with Crippen molar-refractivity contribution in [2.75, 3.05) is 27.2 Å². The smallest absolute Gasteiger partial charge is 0.169 e. The first kappa shape index (κ1) is 12.7. The summed E-state index contributed by atoms with van der Waals surface area (Å²) in [6, 6.07) is 0.990. The molecule has 88 valence electrons. The molecule has 3 nitrogen and oxygen atoms in total. The number of rotatable bonds is 2. The third-order valence-electron chi connectivity index (χ3n) is 2.88. The highest BCUT2D eigenvalue weighted by Gasteiger charge is 2.22. The number of hydrogen-bond acceptors (Lipinski definition) is 2. The molecule has 0 bridgehead atoms. The Morgan fingerprint density at radius 3 is 2.73 bits per heavy atom. The van der Waals surface area contributed by atoms with Gasteiger partial charge < -0.3 is 15.1 Å². The Morgan fingerprint density at radius 2 is 2.20 bits per heavy atom. The van der Waals surface area contributed by atoms with Crippen LogP contribution in [0.15, 0.2) is 0 Å². The van der Waals surface area contributed by atoms with E-state index in [2.05, 4.69) is 43.1 Å². The molecular formula is C11H23N3S. The molecular weight excluding hydrogens is 206 g/mol. The first-order valence-corrected chi connectivity index (χ1v) is 6.13. The van der Waals surface area contributed by atoms with Crippen LogP contribution in [0.2, 0.25) is 0 Å². The summed E-state index contributed by atoms with van der Waals surface area (Å²) >= 11 is 5.37. The molecule has 0 aromatic carbocycles. The zero-order valence-electron chi connectivity index (χ0n) is 10.3. The Labute approximate surface area is 98.8 Å². The molecule has 1 aliphatic heterocycles. The normalized spacial score (nSPS) is 22.9. The predicted octanol–water partition coefficient (Wildman–Crippen LogP) is 1.30. The maximum Gasteiger partial charge on any atom is 0.169 e. The van der Waals surface area contributed by atoms with E-state index >= 15 is 0 Å². The molecule has 1 aliphatic rings. The molecule has 1 saturated heterocycles. The number of piperidine rings is 1. The van der Waals surface area contributed by atoms with Crippen LogP contribution in [0.4, 0.5) is 0 Å². The van der Waals surface area contributed by atoms with E-state index in [1.54, 1.807) is 0 Å². The summed E-state index contributed by atoms with van der Waals surface area (Å²) in [6.07, 6.45) is 2.52. The van der Waals surface area contributed by atoms with E-state index in [0.717, 1.165) is 11.7 Å². The number of hydrogen-bond donors (Lipinski definition) is 1. The second kappa shape index (κ2) is 5.66. The van der Waals surface area contributed by atoms with Crippen LogP contribution in [0.3, 0.4) is 0 Å². The lowest BCUT2D eigenvalue weighted by Gasteiger charge is -2.37. The van der Waals surface area contributed by atoms with Gasteiger partial charge in [-0.2, -0.15) is 0 Å². The van der Waals surface area contributed by atoms with Gasteiger partial charge in [-0.1, -0.05) is 0 Å². The standard InChI is InChI=1S/C11H23N3S/c1-9(2)12-11(15)14(4)10-6-5-7-13(3)8-10/h9-10H,5-8H2,1-4H3,(H,12,15). The predicted molar refractivity (Wildman–Crippen MR) is 69.2 cm³/mol. The van der Waals surface area contributed by atoms with Gasteiger partial charge in [0.2, 0.25) is 0 Å². The summed E-state index contributed by atoms with van der Waals surface area (Å²) in [6.45, 7) is 6.57. The van der Waals surface area contributed by atoms with Gasteiger partial charge in [0, 0.05) is 25.7 Å². The van der Waals surface area contributed by atoms with Crippen LogP contribution in [0, 0.1) is 0 Å². The second-order valence-corrected chi connectivity index (χ2v) is 5.16. The summed E-state index contributed by atoms with van der Waals surface area (Å²) in [7, 11) is 4.28. The lowest BCUT2D eigenvalue weighted by Crippen LogP contribution is -2.51. The zero-order valence-corrected chi connectivity index (χ0v) is 11.1. The molecule has 1 fully saturated rings. The fourth-order valence-electron chi connectivity index (χ4n) is 1.97. The second-order valence-electron chi connectivity index (χ2n) is 4.77. The molecule has 0 aromatic heterocycles. The molecule has 0 aliphatic carbocycles. The van der Waals surface area contributed by atoms with Gasteiger partial charge >= 0.3 is 0 Å². The van der Waals surface area contributed by atoms with Crippen LogP contribution < -0.4 is 5.32 Å². The van der Waals surface area contributed by atoms with Gasteiger partial charge in [0.05, 0.1) is 0 Å². The fraction of sp³-hybridized carbons (Fsp3) is 0.909. The molecule has 0 radical (unpaired) electrons. The van der Waals surface area contributed by atoms with E-state index in [4.69, 9.17) is 12.2 Å². The van der Waals surface area contributed by atoms with E-state index in [-0.39, 0.29) is 0 Å². The SMILES string of the molecule is CC(C)NC(=S)N(C)C1CCCN(C)C1. The van der Waals surface area contributed by atoms with Gasteiger partial charge in [-0.05, 0) is 52.5 Å². The largest absolute Gasteiger partial charge is 0.360 e.